The summed E-state index contributed by atoms with van der Waals surface area (Å²) in [4.78, 5) is 31.7. The number of piperidine rings is 1. The number of amides is 1. The average molecular weight is 326 g/mol. The van der Waals surface area contributed by atoms with Crippen LogP contribution in [0.25, 0.3) is 0 Å². The van der Waals surface area contributed by atoms with E-state index in [1.54, 1.807) is 18.6 Å². The Kier molecular flexibility index (Phi) is 5.10. The Morgan fingerprint density at radius 1 is 1.17 bits per heavy atom. The monoisotopic (exact) mass is 326 g/mol. The summed E-state index contributed by atoms with van der Waals surface area (Å²) >= 11 is 0. The largest absolute Gasteiger partial charge is 0.345 e. The third kappa shape index (κ3) is 3.91. The molecule has 2 aromatic heterocycles. The van der Waals surface area contributed by atoms with Crippen LogP contribution < -0.4 is 5.32 Å². The van der Waals surface area contributed by atoms with Gasteiger partial charge < -0.3 is 10.2 Å². The van der Waals surface area contributed by atoms with Crippen LogP contribution in [0.5, 0.6) is 0 Å². The molecule has 7 nitrogen and oxygen atoms in total. The first-order valence-electron chi connectivity index (χ1n) is 8.18. The van der Waals surface area contributed by atoms with Gasteiger partial charge in [-0.3, -0.25) is 19.7 Å². The Bertz CT molecular complexity index is 694. The highest BCUT2D eigenvalue weighted by Gasteiger charge is 2.22. The number of aryl methyl sites for hydroxylation is 1. The Hall–Kier alpha value is -2.41. The van der Waals surface area contributed by atoms with E-state index < -0.39 is 0 Å². The number of carbonyl (C=O) groups excluding carboxylic acids is 1. The van der Waals surface area contributed by atoms with Gasteiger partial charge in [0.25, 0.3) is 5.91 Å². The second-order valence-electron chi connectivity index (χ2n) is 6.19. The first-order chi connectivity index (χ1) is 11.6. The van der Waals surface area contributed by atoms with Crippen molar-refractivity contribution in [2.45, 2.75) is 32.2 Å². The summed E-state index contributed by atoms with van der Waals surface area (Å²) in [5.74, 6) is 0.156. The van der Waals surface area contributed by atoms with Crippen molar-refractivity contribution in [1.82, 2.24) is 30.2 Å². The number of likely N-dealkylation sites (tertiary alicyclic amines) is 1. The molecule has 1 fully saturated rings. The Balaban J connectivity index is 1.67. The molecule has 7 heteroatoms. The van der Waals surface area contributed by atoms with Crippen molar-refractivity contribution in [2.75, 3.05) is 20.1 Å². The van der Waals surface area contributed by atoms with Crippen molar-refractivity contribution in [2.24, 2.45) is 0 Å². The molecule has 0 atom stereocenters. The van der Waals surface area contributed by atoms with Crippen LogP contribution in [-0.4, -0.2) is 50.9 Å². The highest BCUT2D eigenvalue weighted by atomic mass is 16.1. The predicted molar refractivity (Wildman–Crippen MR) is 89.4 cm³/mol. The van der Waals surface area contributed by atoms with Crippen LogP contribution in [0.4, 0.5) is 0 Å². The van der Waals surface area contributed by atoms with Crippen LogP contribution in [0, 0.1) is 6.92 Å². The van der Waals surface area contributed by atoms with Gasteiger partial charge in [0.05, 0.1) is 29.8 Å². The molecular formula is C17H22N6O. The van der Waals surface area contributed by atoms with E-state index >= 15 is 0 Å². The number of aromatic nitrogens is 4. The quantitative estimate of drug-likeness (QED) is 0.912. The molecule has 1 saturated heterocycles. The predicted octanol–water partition coefficient (Wildman–Crippen LogP) is 1.31. The number of rotatable bonds is 4. The minimum Gasteiger partial charge on any atom is -0.345 e. The van der Waals surface area contributed by atoms with Crippen LogP contribution in [0.3, 0.4) is 0 Å². The molecule has 0 spiro atoms. The van der Waals surface area contributed by atoms with Crippen molar-refractivity contribution in [3.8, 4) is 0 Å². The first kappa shape index (κ1) is 16.4. The lowest BCUT2D eigenvalue weighted by Gasteiger charge is -2.29. The summed E-state index contributed by atoms with van der Waals surface area (Å²) < 4.78 is 0. The standard InChI is InChI=1S/C17H22N6O/c1-12-9-21-15(11-20-12)17(24)22-10-14-16(19-6-5-18-14)13-3-7-23(2)8-4-13/h5-6,9,11,13H,3-4,7-8,10H2,1-2H3,(H,22,24). The smallest absolute Gasteiger partial charge is 0.271 e. The number of nitrogens with zero attached hydrogens (tertiary/aromatic N) is 5. The zero-order valence-corrected chi connectivity index (χ0v) is 14.1. The molecule has 24 heavy (non-hydrogen) atoms. The van der Waals surface area contributed by atoms with Crippen molar-refractivity contribution < 1.29 is 4.79 Å². The van der Waals surface area contributed by atoms with Gasteiger partial charge in [0, 0.05) is 24.5 Å². The third-order valence-corrected chi connectivity index (χ3v) is 4.34. The summed E-state index contributed by atoms with van der Waals surface area (Å²) in [5.41, 5.74) is 2.93. The minimum absolute atomic E-state index is 0.248. The molecule has 3 heterocycles. The number of hydrogen-bond donors (Lipinski definition) is 1. The molecule has 2 aromatic rings. The molecule has 0 unspecified atom stereocenters. The molecule has 1 aliphatic rings. The van der Waals surface area contributed by atoms with Gasteiger partial charge in [0.1, 0.15) is 5.69 Å². The van der Waals surface area contributed by atoms with Crippen LogP contribution in [0.2, 0.25) is 0 Å². The molecule has 126 valence electrons. The molecule has 0 saturated carbocycles. The van der Waals surface area contributed by atoms with E-state index in [4.69, 9.17) is 0 Å². The fraction of sp³-hybridized carbons (Fsp3) is 0.471. The van der Waals surface area contributed by atoms with E-state index in [2.05, 4.69) is 37.2 Å². The topological polar surface area (TPSA) is 83.9 Å². The van der Waals surface area contributed by atoms with Gasteiger partial charge in [0.15, 0.2) is 0 Å². The van der Waals surface area contributed by atoms with Crippen LogP contribution in [-0.2, 0) is 6.54 Å². The van der Waals surface area contributed by atoms with Crippen LogP contribution in [0.15, 0.2) is 24.8 Å². The van der Waals surface area contributed by atoms with Gasteiger partial charge in [-0.1, -0.05) is 0 Å². The fourth-order valence-electron chi connectivity index (χ4n) is 2.90. The van der Waals surface area contributed by atoms with E-state index in [0.717, 1.165) is 43.0 Å². The number of nitrogens with one attached hydrogen (secondary N) is 1. The number of hydrogen-bond acceptors (Lipinski definition) is 6. The lowest BCUT2D eigenvalue weighted by Crippen LogP contribution is -2.31. The second kappa shape index (κ2) is 7.44. The second-order valence-corrected chi connectivity index (χ2v) is 6.19. The van der Waals surface area contributed by atoms with E-state index in [1.807, 2.05) is 6.92 Å². The van der Waals surface area contributed by atoms with Gasteiger partial charge in [-0.25, -0.2) is 4.98 Å². The maximum atomic E-state index is 12.2. The molecule has 1 aliphatic heterocycles. The highest BCUT2D eigenvalue weighted by molar-refractivity contribution is 5.91. The summed E-state index contributed by atoms with van der Waals surface area (Å²) in [6.07, 6.45) is 8.61. The van der Waals surface area contributed by atoms with E-state index in [9.17, 15) is 4.79 Å². The van der Waals surface area contributed by atoms with Crippen molar-refractivity contribution in [3.05, 3.63) is 47.6 Å². The maximum absolute atomic E-state index is 12.2. The molecule has 0 aliphatic carbocycles. The SMILES string of the molecule is Cc1cnc(C(=O)NCc2nccnc2C2CCN(C)CC2)cn1. The van der Waals surface area contributed by atoms with E-state index in [1.165, 1.54) is 6.20 Å². The molecular weight excluding hydrogens is 304 g/mol. The summed E-state index contributed by atoms with van der Waals surface area (Å²) in [7, 11) is 2.14. The first-order valence-corrected chi connectivity index (χ1v) is 8.18. The fourth-order valence-corrected chi connectivity index (χ4v) is 2.90. The molecule has 1 amide bonds. The van der Waals surface area contributed by atoms with Crippen molar-refractivity contribution in [1.29, 1.82) is 0 Å². The normalized spacial score (nSPS) is 16.1. The zero-order chi connectivity index (χ0) is 16.9. The summed E-state index contributed by atoms with van der Waals surface area (Å²) in [6.45, 7) is 4.31. The number of carbonyl (C=O) groups is 1. The third-order valence-electron chi connectivity index (χ3n) is 4.34. The zero-order valence-electron chi connectivity index (χ0n) is 14.1. The molecule has 3 rings (SSSR count). The minimum atomic E-state index is -0.248. The Morgan fingerprint density at radius 3 is 2.62 bits per heavy atom. The molecule has 0 aromatic carbocycles. The lowest BCUT2D eigenvalue weighted by atomic mass is 9.92. The van der Waals surface area contributed by atoms with Crippen molar-refractivity contribution >= 4 is 5.91 Å². The van der Waals surface area contributed by atoms with Crippen molar-refractivity contribution in [3.63, 3.8) is 0 Å². The molecule has 0 bridgehead atoms. The van der Waals surface area contributed by atoms with Gasteiger partial charge in [0.2, 0.25) is 0 Å². The van der Waals surface area contributed by atoms with Crippen LogP contribution in [0.1, 0.15) is 46.3 Å². The highest BCUT2D eigenvalue weighted by Crippen LogP contribution is 2.27. The molecule has 0 radical (unpaired) electrons. The summed E-state index contributed by atoms with van der Waals surface area (Å²) in [5, 5.41) is 2.87. The molecule has 1 N–H and O–H groups in total. The Labute approximate surface area is 141 Å². The lowest BCUT2D eigenvalue weighted by molar-refractivity contribution is 0.0944. The van der Waals surface area contributed by atoms with E-state index in [0.29, 0.717) is 18.2 Å². The maximum Gasteiger partial charge on any atom is 0.271 e. The van der Waals surface area contributed by atoms with Gasteiger partial charge >= 0.3 is 0 Å². The van der Waals surface area contributed by atoms with Gasteiger partial charge in [-0.2, -0.15) is 0 Å². The van der Waals surface area contributed by atoms with Crippen LogP contribution >= 0.6 is 0 Å². The van der Waals surface area contributed by atoms with Gasteiger partial charge in [-0.15, -0.1) is 0 Å². The van der Waals surface area contributed by atoms with E-state index in [-0.39, 0.29) is 5.91 Å². The average Bonchev–Trinajstić information content (AvgIpc) is 2.61. The summed E-state index contributed by atoms with van der Waals surface area (Å²) in [6, 6.07) is 0. The van der Waals surface area contributed by atoms with Gasteiger partial charge in [-0.05, 0) is 39.9 Å². The Morgan fingerprint density at radius 2 is 1.92 bits per heavy atom.